The maximum Gasteiger partial charge on any atom is 0.137 e. The van der Waals surface area contributed by atoms with Crippen molar-refractivity contribution in [2.45, 2.75) is 6.92 Å². The summed E-state index contributed by atoms with van der Waals surface area (Å²) in [6.45, 7) is 1.58. The highest BCUT2D eigenvalue weighted by Crippen LogP contribution is 2.44. The zero-order valence-corrected chi connectivity index (χ0v) is 18.9. The second-order valence-corrected chi connectivity index (χ2v) is 7.43. The smallest absolute Gasteiger partial charge is 0.137 e. The van der Waals surface area contributed by atoms with Crippen LogP contribution in [-0.4, -0.2) is 31.5 Å². The Morgan fingerprint density at radius 3 is 1.74 bits per heavy atom. The molecule has 0 radical (unpaired) electrons. The number of aromatic nitrogens is 2. The Bertz CT molecular complexity index is 1330. The van der Waals surface area contributed by atoms with E-state index in [9.17, 15) is 4.39 Å². The van der Waals surface area contributed by atoms with Crippen LogP contribution in [0.4, 0.5) is 13.2 Å². The number of hydrogen-bond donors (Lipinski definition) is 0. The standard InChI is InChI=1S/C26H21F3N2O3/c1-14-23(25-21(28)12-18(34-4)13-22(25)29)24(15-9-16(32-2)11-17(10-15)33-3)26(31-30-14)19-7-5-6-8-20(19)27/h5-13H,1-4H3. The Morgan fingerprint density at radius 1 is 0.618 bits per heavy atom. The number of nitrogens with zero attached hydrogens (tertiary/aromatic N) is 2. The lowest BCUT2D eigenvalue weighted by atomic mass is 9.89. The van der Waals surface area contributed by atoms with Gasteiger partial charge in [0.25, 0.3) is 0 Å². The third-order valence-corrected chi connectivity index (χ3v) is 5.42. The third kappa shape index (κ3) is 4.14. The summed E-state index contributed by atoms with van der Waals surface area (Å²) in [7, 11) is 4.28. The zero-order valence-electron chi connectivity index (χ0n) is 18.9. The van der Waals surface area contributed by atoms with Crippen LogP contribution in [-0.2, 0) is 0 Å². The number of aryl methyl sites for hydroxylation is 1. The quantitative estimate of drug-likeness (QED) is 0.337. The monoisotopic (exact) mass is 466 g/mol. The lowest BCUT2D eigenvalue weighted by molar-refractivity contribution is 0.394. The van der Waals surface area contributed by atoms with E-state index >= 15 is 8.78 Å². The van der Waals surface area contributed by atoms with Gasteiger partial charge in [-0.25, -0.2) is 13.2 Å². The average molecular weight is 466 g/mol. The Balaban J connectivity index is 2.16. The van der Waals surface area contributed by atoms with E-state index < -0.39 is 17.5 Å². The van der Waals surface area contributed by atoms with Gasteiger partial charge in [-0.1, -0.05) is 12.1 Å². The van der Waals surface area contributed by atoms with Gasteiger partial charge < -0.3 is 14.2 Å². The SMILES string of the molecule is COc1cc(OC)cc(-c2c(-c3ccccc3F)nnc(C)c2-c2c(F)cc(OC)cc2F)c1. The number of halogens is 3. The molecule has 4 aromatic rings. The van der Waals surface area contributed by atoms with Crippen LogP contribution in [0.15, 0.2) is 54.6 Å². The predicted octanol–water partition coefficient (Wildman–Crippen LogP) is 6.23. The van der Waals surface area contributed by atoms with Crippen molar-refractivity contribution in [2.75, 3.05) is 21.3 Å². The minimum Gasteiger partial charge on any atom is -0.497 e. The molecule has 34 heavy (non-hydrogen) atoms. The van der Waals surface area contributed by atoms with E-state index in [2.05, 4.69) is 10.2 Å². The minimum absolute atomic E-state index is 0.0253. The van der Waals surface area contributed by atoms with Crippen molar-refractivity contribution in [1.29, 1.82) is 0 Å². The van der Waals surface area contributed by atoms with Crippen LogP contribution in [0, 0.1) is 24.4 Å². The molecule has 4 rings (SSSR count). The highest BCUT2D eigenvalue weighted by molar-refractivity contribution is 5.94. The molecular formula is C26H21F3N2O3. The van der Waals surface area contributed by atoms with Gasteiger partial charge in [0.2, 0.25) is 0 Å². The van der Waals surface area contributed by atoms with Gasteiger partial charge in [0.05, 0.1) is 32.6 Å². The van der Waals surface area contributed by atoms with Gasteiger partial charge in [-0.05, 0) is 36.8 Å². The van der Waals surface area contributed by atoms with E-state index in [1.165, 1.54) is 33.5 Å². The molecule has 0 aliphatic carbocycles. The van der Waals surface area contributed by atoms with Crippen LogP contribution >= 0.6 is 0 Å². The fourth-order valence-corrected chi connectivity index (χ4v) is 3.81. The van der Waals surface area contributed by atoms with Crippen molar-refractivity contribution in [2.24, 2.45) is 0 Å². The summed E-state index contributed by atoms with van der Waals surface area (Å²) in [5.74, 6) is -1.38. The number of methoxy groups -OCH3 is 3. The molecule has 5 nitrogen and oxygen atoms in total. The normalized spacial score (nSPS) is 10.8. The molecule has 174 valence electrons. The van der Waals surface area contributed by atoms with Crippen LogP contribution in [0.3, 0.4) is 0 Å². The summed E-state index contributed by atoms with van der Waals surface area (Å²) >= 11 is 0. The van der Waals surface area contributed by atoms with Crippen molar-refractivity contribution in [3.05, 3.63) is 77.7 Å². The Morgan fingerprint density at radius 2 is 1.18 bits per heavy atom. The van der Waals surface area contributed by atoms with Crippen molar-refractivity contribution >= 4 is 0 Å². The number of benzene rings is 3. The van der Waals surface area contributed by atoms with Crippen LogP contribution in [0.2, 0.25) is 0 Å². The van der Waals surface area contributed by atoms with Crippen molar-refractivity contribution in [3.63, 3.8) is 0 Å². The van der Waals surface area contributed by atoms with E-state index in [1.54, 1.807) is 37.3 Å². The number of ether oxygens (including phenoxy) is 3. The molecule has 0 saturated heterocycles. The van der Waals surface area contributed by atoms with Crippen LogP contribution in [0.5, 0.6) is 17.2 Å². The summed E-state index contributed by atoms with van der Waals surface area (Å²) < 4.78 is 61.2. The lowest BCUT2D eigenvalue weighted by Crippen LogP contribution is -2.04. The summed E-state index contributed by atoms with van der Waals surface area (Å²) in [5.41, 5.74) is 1.02. The maximum absolute atomic E-state index is 15.3. The van der Waals surface area contributed by atoms with Crippen molar-refractivity contribution in [1.82, 2.24) is 10.2 Å². The Hall–Kier alpha value is -4.07. The molecule has 0 spiro atoms. The fourth-order valence-electron chi connectivity index (χ4n) is 3.81. The lowest BCUT2D eigenvalue weighted by Gasteiger charge is -2.19. The van der Waals surface area contributed by atoms with Gasteiger partial charge in [-0.3, -0.25) is 0 Å². The molecule has 0 unspecified atom stereocenters. The molecule has 0 N–H and O–H groups in total. The molecule has 0 fully saturated rings. The fraction of sp³-hybridized carbons (Fsp3) is 0.154. The van der Waals surface area contributed by atoms with E-state index in [0.717, 1.165) is 12.1 Å². The molecule has 0 bridgehead atoms. The van der Waals surface area contributed by atoms with Crippen LogP contribution in [0.25, 0.3) is 33.5 Å². The molecule has 8 heteroatoms. The molecule has 1 heterocycles. The van der Waals surface area contributed by atoms with Crippen molar-refractivity contribution < 1.29 is 27.4 Å². The largest absolute Gasteiger partial charge is 0.497 e. The van der Waals surface area contributed by atoms with E-state index in [1.807, 2.05) is 0 Å². The zero-order chi connectivity index (χ0) is 24.4. The highest BCUT2D eigenvalue weighted by Gasteiger charge is 2.26. The first-order chi connectivity index (χ1) is 16.4. The summed E-state index contributed by atoms with van der Waals surface area (Å²) in [4.78, 5) is 0. The van der Waals surface area contributed by atoms with Crippen LogP contribution in [0.1, 0.15) is 5.69 Å². The van der Waals surface area contributed by atoms with Crippen molar-refractivity contribution in [3.8, 4) is 50.8 Å². The first-order valence-corrected chi connectivity index (χ1v) is 10.3. The van der Waals surface area contributed by atoms with Gasteiger partial charge in [0.1, 0.15) is 40.4 Å². The minimum atomic E-state index is -0.858. The highest BCUT2D eigenvalue weighted by atomic mass is 19.1. The Labute approximate surface area is 194 Å². The van der Waals surface area contributed by atoms with Gasteiger partial charge in [-0.2, -0.15) is 5.10 Å². The molecule has 0 aliphatic heterocycles. The van der Waals surface area contributed by atoms with Gasteiger partial charge >= 0.3 is 0 Å². The first-order valence-electron chi connectivity index (χ1n) is 10.3. The molecular weight excluding hydrogens is 445 g/mol. The second kappa shape index (κ2) is 9.43. The molecule has 1 aromatic heterocycles. The third-order valence-electron chi connectivity index (χ3n) is 5.42. The first kappa shape index (κ1) is 23.1. The molecule has 3 aromatic carbocycles. The molecule has 0 saturated carbocycles. The van der Waals surface area contributed by atoms with Crippen LogP contribution < -0.4 is 14.2 Å². The number of hydrogen-bond acceptors (Lipinski definition) is 5. The topological polar surface area (TPSA) is 53.5 Å². The average Bonchev–Trinajstić information content (AvgIpc) is 2.84. The van der Waals surface area contributed by atoms with Gasteiger partial charge in [0, 0.05) is 34.9 Å². The molecule has 0 atom stereocenters. The van der Waals surface area contributed by atoms with E-state index in [0.29, 0.717) is 17.1 Å². The summed E-state index contributed by atoms with van der Waals surface area (Å²) in [6, 6.07) is 13.1. The maximum atomic E-state index is 15.3. The summed E-state index contributed by atoms with van der Waals surface area (Å²) in [6.07, 6.45) is 0. The number of rotatable bonds is 6. The van der Waals surface area contributed by atoms with Gasteiger partial charge in [0.15, 0.2) is 0 Å². The Kier molecular flexibility index (Phi) is 6.40. The predicted molar refractivity (Wildman–Crippen MR) is 123 cm³/mol. The van der Waals surface area contributed by atoms with E-state index in [-0.39, 0.29) is 39.4 Å². The van der Waals surface area contributed by atoms with E-state index in [4.69, 9.17) is 14.2 Å². The molecule has 0 amide bonds. The summed E-state index contributed by atoms with van der Waals surface area (Å²) in [5, 5.41) is 8.36. The molecule has 0 aliphatic rings. The van der Waals surface area contributed by atoms with Gasteiger partial charge in [-0.15, -0.1) is 5.10 Å². The second-order valence-electron chi connectivity index (χ2n) is 7.43.